The quantitative estimate of drug-likeness (QED) is 0.887. The zero-order valence-corrected chi connectivity index (χ0v) is 10.5. The van der Waals surface area contributed by atoms with Gasteiger partial charge >= 0.3 is 12.1 Å². The molecule has 98 valence electrons. The Morgan fingerprint density at radius 1 is 1.28 bits per heavy atom. The topological polar surface area (TPSA) is 29.1 Å². The SMILES string of the molecule is O=C(NC1(c2ccc(Cl)cc2Cl)CC1)C(F)(F)F. The van der Waals surface area contributed by atoms with Gasteiger partial charge in [0, 0.05) is 10.0 Å². The van der Waals surface area contributed by atoms with Crippen molar-refractivity contribution in [2.45, 2.75) is 24.6 Å². The summed E-state index contributed by atoms with van der Waals surface area (Å²) in [5.41, 5.74) is -0.542. The second kappa shape index (κ2) is 4.31. The van der Waals surface area contributed by atoms with Crippen LogP contribution in [0.3, 0.4) is 0 Å². The largest absolute Gasteiger partial charge is 0.471 e. The lowest BCUT2D eigenvalue weighted by molar-refractivity contribution is -0.174. The van der Waals surface area contributed by atoms with Gasteiger partial charge < -0.3 is 5.32 Å². The monoisotopic (exact) mass is 297 g/mol. The number of carbonyl (C=O) groups excluding carboxylic acids is 1. The molecule has 0 aromatic heterocycles. The van der Waals surface area contributed by atoms with Crippen molar-refractivity contribution in [2.75, 3.05) is 0 Å². The number of rotatable bonds is 2. The Hall–Kier alpha value is -0.940. The third-order valence-corrected chi connectivity index (χ3v) is 3.35. The molecule has 2 rings (SSSR count). The smallest absolute Gasteiger partial charge is 0.339 e. The molecule has 1 amide bonds. The lowest BCUT2D eigenvalue weighted by Crippen LogP contribution is -2.43. The van der Waals surface area contributed by atoms with Crippen LogP contribution >= 0.6 is 23.2 Å². The van der Waals surface area contributed by atoms with Crippen molar-refractivity contribution < 1.29 is 18.0 Å². The van der Waals surface area contributed by atoms with Crippen molar-refractivity contribution in [1.82, 2.24) is 5.32 Å². The highest BCUT2D eigenvalue weighted by Crippen LogP contribution is 2.48. The van der Waals surface area contributed by atoms with E-state index in [0.29, 0.717) is 23.4 Å². The molecule has 1 fully saturated rings. The Morgan fingerprint density at radius 3 is 2.33 bits per heavy atom. The van der Waals surface area contributed by atoms with Crippen molar-refractivity contribution in [1.29, 1.82) is 0 Å². The van der Waals surface area contributed by atoms with Crippen LogP contribution in [-0.4, -0.2) is 12.1 Å². The van der Waals surface area contributed by atoms with Gasteiger partial charge in [-0.05, 0) is 30.5 Å². The Kier molecular flexibility index (Phi) is 3.23. The van der Waals surface area contributed by atoms with Gasteiger partial charge in [-0.2, -0.15) is 13.2 Å². The highest BCUT2D eigenvalue weighted by atomic mass is 35.5. The maximum absolute atomic E-state index is 12.2. The van der Waals surface area contributed by atoms with Gasteiger partial charge in [0.2, 0.25) is 0 Å². The molecule has 1 aromatic rings. The summed E-state index contributed by atoms with van der Waals surface area (Å²) in [5.74, 6) is -1.95. The van der Waals surface area contributed by atoms with Crippen LogP contribution < -0.4 is 5.32 Å². The number of carbonyl (C=O) groups is 1. The van der Waals surface area contributed by atoms with Gasteiger partial charge in [0.15, 0.2) is 0 Å². The van der Waals surface area contributed by atoms with E-state index in [-0.39, 0.29) is 5.02 Å². The molecule has 1 saturated carbocycles. The number of benzene rings is 1. The molecular formula is C11H8Cl2F3NO. The zero-order chi connectivity index (χ0) is 13.6. The van der Waals surface area contributed by atoms with Crippen LogP contribution in [0.5, 0.6) is 0 Å². The first-order chi connectivity index (χ1) is 8.24. The van der Waals surface area contributed by atoms with Crippen LogP contribution in [0.25, 0.3) is 0 Å². The first-order valence-corrected chi connectivity index (χ1v) is 5.85. The molecule has 0 aliphatic heterocycles. The average molecular weight is 298 g/mol. The third kappa shape index (κ3) is 2.57. The minimum atomic E-state index is -4.89. The number of hydrogen-bond donors (Lipinski definition) is 1. The molecule has 1 aliphatic rings. The van der Waals surface area contributed by atoms with Crippen molar-refractivity contribution in [2.24, 2.45) is 0 Å². The Labute approximate surface area is 111 Å². The predicted molar refractivity (Wildman–Crippen MR) is 61.6 cm³/mol. The molecule has 0 bridgehead atoms. The standard InChI is InChI=1S/C11H8Cl2F3NO/c12-6-1-2-7(8(13)5-6)10(3-4-10)17-9(18)11(14,15)16/h1-2,5H,3-4H2,(H,17,18). The number of hydrogen-bond acceptors (Lipinski definition) is 1. The lowest BCUT2D eigenvalue weighted by Gasteiger charge is -2.20. The zero-order valence-electron chi connectivity index (χ0n) is 8.94. The molecule has 2 nitrogen and oxygen atoms in total. The summed E-state index contributed by atoms with van der Waals surface area (Å²) in [6.07, 6.45) is -4.04. The maximum atomic E-state index is 12.2. The molecule has 1 aliphatic carbocycles. The van der Waals surface area contributed by atoms with Gasteiger partial charge in [0.1, 0.15) is 0 Å². The van der Waals surface area contributed by atoms with E-state index in [1.165, 1.54) is 18.2 Å². The van der Waals surface area contributed by atoms with Crippen molar-refractivity contribution in [3.63, 3.8) is 0 Å². The molecule has 18 heavy (non-hydrogen) atoms. The van der Waals surface area contributed by atoms with E-state index in [9.17, 15) is 18.0 Å². The minimum absolute atomic E-state index is 0.252. The fourth-order valence-electron chi connectivity index (χ4n) is 1.75. The first-order valence-electron chi connectivity index (χ1n) is 5.09. The average Bonchev–Trinajstić information content (AvgIpc) is 2.96. The Balaban J connectivity index is 2.25. The van der Waals surface area contributed by atoms with Crippen LogP contribution in [0.15, 0.2) is 18.2 Å². The van der Waals surface area contributed by atoms with Gasteiger partial charge in [-0.1, -0.05) is 29.3 Å². The van der Waals surface area contributed by atoms with E-state index in [1.54, 1.807) is 0 Å². The summed E-state index contributed by atoms with van der Waals surface area (Å²) in [6, 6.07) is 4.51. The molecule has 7 heteroatoms. The molecule has 1 aromatic carbocycles. The van der Waals surface area contributed by atoms with E-state index in [1.807, 2.05) is 5.32 Å². The van der Waals surface area contributed by atoms with Gasteiger partial charge in [-0.15, -0.1) is 0 Å². The van der Waals surface area contributed by atoms with Gasteiger partial charge in [0.05, 0.1) is 5.54 Å². The molecule has 0 atom stereocenters. The van der Waals surface area contributed by atoms with Gasteiger partial charge in [0.25, 0.3) is 0 Å². The van der Waals surface area contributed by atoms with Crippen LogP contribution in [0.1, 0.15) is 18.4 Å². The number of nitrogens with one attached hydrogen (secondary N) is 1. The van der Waals surface area contributed by atoms with E-state index >= 15 is 0 Å². The normalized spacial score (nSPS) is 17.4. The second-order valence-corrected chi connectivity index (χ2v) is 5.00. The summed E-state index contributed by atoms with van der Waals surface area (Å²) in [7, 11) is 0. The van der Waals surface area contributed by atoms with Crippen molar-refractivity contribution >= 4 is 29.1 Å². The summed E-state index contributed by atoms with van der Waals surface area (Å²) in [5, 5.41) is 2.64. The maximum Gasteiger partial charge on any atom is 0.471 e. The third-order valence-electron chi connectivity index (χ3n) is 2.81. The first kappa shape index (κ1) is 13.5. The van der Waals surface area contributed by atoms with Crippen LogP contribution in [0.2, 0.25) is 10.0 Å². The van der Waals surface area contributed by atoms with Crippen molar-refractivity contribution in [3.8, 4) is 0 Å². The lowest BCUT2D eigenvalue weighted by atomic mass is 10.0. The van der Waals surface area contributed by atoms with Crippen LogP contribution in [0, 0.1) is 0 Å². The van der Waals surface area contributed by atoms with E-state index < -0.39 is 17.6 Å². The summed E-state index contributed by atoms with van der Waals surface area (Å²) < 4.78 is 36.7. The highest BCUT2D eigenvalue weighted by molar-refractivity contribution is 6.35. The molecule has 0 heterocycles. The number of halogens is 5. The molecule has 0 spiro atoms. The fourth-order valence-corrected chi connectivity index (χ4v) is 2.34. The van der Waals surface area contributed by atoms with Gasteiger partial charge in [-0.3, -0.25) is 4.79 Å². The van der Waals surface area contributed by atoms with E-state index in [2.05, 4.69) is 0 Å². The Morgan fingerprint density at radius 2 is 1.89 bits per heavy atom. The summed E-state index contributed by atoms with van der Waals surface area (Å²) in [4.78, 5) is 11.0. The molecule has 0 radical (unpaired) electrons. The molecule has 0 saturated heterocycles. The number of alkyl halides is 3. The van der Waals surface area contributed by atoms with Crippen LogP contribution in [-0.2, 0) is 10.3 Å². The summed E-state index contributed by atoms with van der Waals surface area (Å²) >= 11 is 11.6. The summed E-state index contributed by atoms with van der Waals surface area (Å²) in [6.45, 7) is 0. The fraction of sp³-hybridized carbons (Fsp3) is 0.364. The number of amides is 1. The van der Waals surface area contributed by atoms with E-state index in [0.717, 1.165) is 0 Å². The molecule has 0 unspecified atom stereocenters. The highest BCUT2D eigenvalue weighted by Gasteiger charge is 2.51. The van der Waals surface area contributed by atoms with Crippen molar-refractivity contribution in [3.05, 3.63) is 33.8 Å². The molecule has 1 N–H and O–H groups in total. The predicted octanol–water partition coefficient (Wildman–Crippen LogP) is 3.66. The molecular weight excluding hydrogens is 290 g/mol. The minimum Gasteiger partial charge on any atom is -0.339 e. The van der Waals surface area contributed by atoms with E-state index in [4.69, 9.17) is 23.2 Å². The Bertz CT molecular complexity index is 498. The second-order valence-electron chi connectivity index (χ2n) is 4.16. The van der Waals surface area contributed by atoms with Gasteiger partial charge in [-0.25, -0.2) is 0 Å². The van der Waals surface area contributed by atoms with Crippen LogP contribution in [0.4, 0.5) is 13.2 Å².